The van der Waals surface area contributed by atoms with E-state index < -0.39 is 24.2 Å². The SMILES string of the molecule is CC(=O)OC1C[C@@H](NC(=O)c2cc3cc(Cl)ccc3[nH]2)[C@H](NC(=O)c2nc3c(s2)CN(C)CC3)C1. The van der Waals surface area contributed by atoms with Gasteiger partial charge in [-0.2, -0.15) is 0 Å². The molecule has 2 aliphatic rings. The summed E-state index contributed by atoms with van der Waals surface area (Å²) in [5.74, 6) is -0.978. The Morgan fingerprint density at radius 2 is 1.91 bits per heavy atom. The van der Waals surface area contributed by atoms with Crippen molar-refractivity contribution in [3.63, 3.8) is 0 Å². The van der Waals surface area contributed by atoms with Crippen LogP contribution < -0.4 is 10.6 Å². The van der Waals surface area contributed by atoms with Crippen LogP contribution in [0, 0.1) is 0 Å². The van der Waals surface area contributed by atoms with Gasteiger partial charge in [-0.3, -0.25) is 14.4 Å². The fourth-order valence-corrected chi connectivity index (χ4v) is 6.04. The third kappa shape index (κ3) is 5.19. The summed E-state index contributed by atoms with van der Waals surface area (Å²) in [7, 11) is 2.05. The standard InChI is InChI=1S/C24H26ClN5O4S/c1-12(31)34-15-9-18(27-22(32)20-8-13-7-14(25)3-4-16(13)26-20)19(10-15)28-23(33)24-29-17-5-6-30(2)11-21(17)35-24/h3-4,7-8,15,18-19,26H,5-6,9-11H2,1-2H3,(H,27,32)(H,28,33)/t15?,18-,19-/m1/s1. The highest BCUT2D eigenvalue weighted by Crippen LogP contribution is 2.27. The Morgan fingerprint density at radius 3 is 2.66 bits per heavy atom. The highest BCUT2D eigenvalue weighted by atomic mass is 35.5. The van der Waals surface area contributed by atoms with E-state index in [9.17, 15) is 14.4 Å². The first-order valence-corrected chi connectivity index (χ1v) is 12.7. The molecule has 1 saturated carbocycles. The Morgan fingerprint density at radius 1 is 1.17 bits per heavy atom. The van der Waals surface area contributed by atoms with E-state index >= 15 is 0 Å². The lowest BCUT2D eigenvalue weighted by Gasteiger charge is -2.21. The summed E-state index contributed by atoms with van der Waals surface area (Å²) < 4.78 is 5.40. The van der Waals surface area contributed by atoms with Gasteiger partial charge in [0.1, 0.15) is 11.8 Å². The number of thiazole rings is 1. The Balaban J connectivity index is 1.31. The first kappa shape index (κ1) is 23.8. The predicted molar refractivity (Wildman–Crippen MR) is 133 cm³/mol. The minimum Gasteiger partial charge on any atom is -0.462 e. The average Bonchev–Trinajstić information content (AvgIpc) is 3.49. The molecule has 2 amide bonds. The molecule has 11 heteroatoms. The Bertz CT molecular complexity index is 1300. The number of benzene rings is 1. The van der Waals surface area contributed by atoms with Crippen LogP contribution in [-0.4, -0.2) is 64.4 Å². The summed E-state index contributed by atoms with van der Waals surface area (Å²) in [6.07, 6.45) is 1.23. The Hall–Kier alpha value is -2.95. The van der Waals surface area contributed by atoms with E-state index in [2.05, 4.69) is 25.5 Å². The van der Waals surface area contributed by atoms with Gasteiger partial charge in [0, 0.05) is 60.1 Å². The average molecular weight is 516 g/mol. The number of carbonyl (C=O) groups excluding carboxylic acids is 3. The van der Waals surface area contributed by atoms with Crippen LogP contribution in [0.1, 0.15) is 50.6 Å². The second kappa shape index (κ2) is 9.60. The van der Waals surface area contributed by atoms with Gasteiger partial charge < -0.3 is 25.3 Å². The molecule has 0 spiro atoms. The number of fused-ring (bicyclic) bond motifs is 2. The van der Waals surface area contributed by atoms with Gasteiger partial charge >= 0.3 is 5.97 Å². The maximum atomic E-state index is 13.1. The fraction of sp³-hybridized carbons (Fsp3) is 0.417. The first-order chi connectivity index (χ1) is 16.7. The molecule has 1 aliphatic carbocycles. The molecular weight excluding hydrogens is 490 g/mol. The summed E-state index contributed by atoms with van der Waals surface area (Å²) in [6, 6.07) is 6.27. The number of esters is 1. The molecule has 3 heterocycles. The van der Waals surface area contributed by atoms with Crippen molar-refractivity contribution in [2.75, 3.05) is 13.6 Å². The topological polar surface area (TPSA) is 116 Å². The lowest BCUT2D eigenvalue weighted by molar-refractivity contribution is -0.146. The fourth-order valence-electron chi connectivity index (χ4n) is 4.76. The molecule has 3 aromatic rings. The monoisotopic (exact) mass is 515 g/mol. The molecule has 1 aliphatic heterocycles. The molecule has 2 aromatic heterocycles. The molecule has 3 N–H and O–H groups in total. The van der Waals surface area contributed by atoms with Gasteiger partial charge in [0.25, 0.3) is 11.8 Å². The zero-order valence-electron chi connectivity index (χ0n) is 19.4. The minimum atomic E-state index is -0.411. The van der Waals surface area contributed by atoms with Gasteiger partial charge in [0.15, 0.2) is 5.01 Å². The van der Waals surface area contributed by atoms with Crippen LogP contribution in [0.4, 0.5) is 0 Å². The van der Waals surface area contributed by atoms with Crippen molar-refractivity contribution < 1.29 is 19.1 Å². The second-order valence-electron chi connectivity index (χ2n) is 9.15. The number of hydrogen-bond acceptors (Lipinski definition) is 7. The lowest BCUT2D eigenvalue weighted by atomic mass is 10.1. The summed E-state index contributed by atoms with van der Waals surface area (Å²) in [6.45, 7) is 3.05. The molecule has 1 unspecified atom stereocenters. The number of carbonyl (C=O) groups is 3. The molecule has 0 saturated heterocycles. The molecule has 3 atom stereocenters. The number of H-pyrrole nitrogens is 1. The third-order valence-electron chi connectivity index (χ3n) is 6.43. The van der Waals surface area contributed by atoms with E-state index in [4.69, 9.17) is 16.3 Å². The van der Waals surface area contributed by atoms with Gasteiger partial charge in [-0.25, -0.2) is 4.98 Å². The summed E-state index contributed by atoms with van der Waals surface area (Å²) in [5, 5.41) is 7.85. The number of rotatable bonds is 5. The van der Waals surface area contributed by atoms with E-state index in [0.29, 0.717) is 28.6 Å². The van der Waals surface area contributed by atoms with Crippen LogP contribution in [0.25, 0.3) is 10.9 Å². The highest BCUT2D eigenvalue weighted by molar-refractivity contribution is 7.13. The van der Waals surface area contributed by atoms with E-state index in [1.165, 1.54) is 18.3 Å². The van der Waals surface area contributed by atoms with Crippen molar-refractivity contribution in [2.45, 2.75) is 50.9 Å². The molecular formula is C24H26ClN5O4S. The Kier molecular flexibility index (Phi) is 6.52. The van der Waals surface area contributed by atoms with Crippen LogP contribution in [0.3, 0.4) is 0 Å². The molecule has 0 bridgehead atoms. The molecule has 1 fully saturated rings. The van der Waals surface area contributed by atoms with Crippen molar-refractivity contribution in [2.24, 2.45) is 0 Å². The largest absolute Gasteiger partial charge is 0.462 e. The summed E-state index contributed by atoms with van der Waals surface area (Å²) in [5.41, 5.74) is 2.17. The van der Waals surface area contributed by atoms with Crippen molar-refractivity contribution in [3.05, 3.63) is 50.6 Å². The number of aromatic nitrogens is 2. The number of hydrogen-bond donors (Lipinski definition) is 3. The van der Waals surface area contributed by atoms with Crippen LogP contribution >= 0.6 is 22.9 Å². The summed E-state index contributed by atoms with van der Waals surface area (Å²) in [4.78, 5) is 48.6. The van der Waals surface area contributed by atoms with Gasteiger partial charge in [-0.15, -0.1) is 11.3 Å². The summed E-state index contributed by atoms with van der Waals surface area (Å²) >= 11 is 7.46. The first-order valence-electron chi connectivity index (χ1n) is 11.5. The molecule has 0 radical (unpaired) electrons. The zero-order chi connectivity index (χ0) is 24.7. The molecule has 35 heavy (non-hydrogen) atoms. The smallest absolute Gasteiger partial charge is 0.302 e. The van der Waals surface area contributed by atoms with Crippen molar-refractivity contribution in [1.82, 2.24) is 25.5 Å². The number of nitrogens with one attached hydrogen (secondary N) is 3. The van der Waals surface area contributed by atoms with E-state index in [0.717, 1.165) is 41.0 Å². The van der Waals surface area contributed by atoms with E-state index in [1.807, 2.05) is 13.1 Å². The maximum Gasteiger partial charge on any atom is 0.302 e. The number of aromatic amines is 1. The highest BCUT2D eigenvalue weighted by Gasteiger charge is 2.39. The second-order valence-corrected chi connectivity index (χ2v) is 10.7. The van der Waals surface area contributed by atoms with Gasteiger partial charge in [-0.05, 0) is 31.3 Å². The van der Waals surface area contributed by atoms with Crippen molar-refractivity contribution in [3.8, 4) is 0 Å². The van der Waals surface area contributed by atoms with Crippen LogP contribution in [0.5, 0.6) is 0 Å². The lowest BCUT2D eigenvalue weighted by Crippen LogP contribution is -2.48. The predicted octanol–water partition coefficient (Wildman–Crippen LogP) is 2.89. The van der Waals surface area contributed by atoms with E-state index in [-0.39, 0.29) is 11.8 Å². The van der Waals surface area contributed by atoms with Crippen LogP contribution in [-0.2, 0) is 22.5 Å². The Labute approximate surface area is 211 Å². The van der Waals surface area contributed by atoms with Crippen molar-refractivity contribution in [1.29, 1.82) is 0 Å². The van der Waals surface area contributed by atoms with Crippen LogP contribution in [0.15, 0.2) is 24.3 Å². The molecule has 5 rings (SSSR count). The molecule has 184 valence electrons. The van der Waals surface area contributed by atoms with Crippen molar-refractivity contribution >= 4 is 51.6 Å². The van der Waals surface area contributed by atoms with Gasteiger partial charge in [0.05, 0.1) is 17.8 Å². The number of halogens is 1. The third-order valence-corrected chi connectivity index (χ3v) is 7.74. The van der Waals surface area contributed by atoms with Gasteiger partial charge in [0.2, 0.25) is 0 Å². The van der Waals surface area contributed by atoms with Crippen LogP contribution in [0.2, 0.25) is 5.02 Å². The number of ether oxygens (including phenoxy) is 1. The maximum absolute atomic E-state index is 13.1. The number of likely N-dealkylation sites (N-methyl/N-ethyl adjacent to an activating group) is 1. The van der Waals surface area contributed by atoms with Gasteiger partial charge in [-0.1, -0.05) is 11.6 Å². The number of nitrogens with zero attached hydrogens (tertiary/aromatic N) is 2. The van der Waals surface area contributed by atoms with E-state index in [1.54, 1.807) is 18.2 Å². The normalized spacial score (nSPS) is 22.1. The zero-order valence-corrected chi connectivity index (χ0v) is 21.0. The number of amides is 2. The minimum absolute atomic E-state index is 0.278. The molecule has 9 nitrogen and oxygen atoms in total. The molecule has 1 aromatic carbocycles. The quantitative estimate of drug-likeness (QED) is 0.450.